The molecular weight excluding hydrogens is 176 g/mol. The van der Waals surface area contributed by atoms with E-state index in [1.807, 2.05) is 0 Å². The summed E-state index contributed by atoms with van der Waals surface area (Å²) in [5, 5.41) is 19.4. The monoisotopic (exact) mass is 196 g/mol. The summed E-state index contributed by atoms with van der Waals surface area (Å²) in [5.74, 6) is 2.29. The molecule has 2 N–H and O–H groups in total. The summed E-state index contributed by atoms with van der Waals surface area (Å²) < 4.78 is 0. The molecule has 0 aromatic rings. The minimum Gasteiger partial charge on any atom is -0.396 e. The second-order valence-corrected chi connectivity index (χ2v) is 5.89. The lowest BCUT2D eigenvalue weighted by Crippen LogP contribution is -2.56. The lowest BCUT2D eigenvalue weighted by molar-refractivity contribution is -0.161. The fourth-order valence-electron chi connectivity index (χ4n) is 4.76. The van der Waals surface area contributed by atoms with Gasteiger partial charge in [-0.2, -0.15) is 0 Å². The second kappa shape index (κ2) is 2.96. The van der Waals surface area contributed by atoms with E-state index in [0.717, 1.165) is 18.3 Å². The molecule has 80 valence electrons. The lowest BCUT2D eigenvalue weighted by atomic mass is 9.47. The molecule has 0 radical (unpaired) electrons. The smallest absolute Gasteiger partial charge is 0.0625 e. The van der Waals surface area contributed by atoms with E-state index in [1.54, 1.807) is 0 Å². The highest BCUT2D eigenvalue weighted by atomic mass is 16.3. The van der Waals surface area contributed by atoms with Crippen LogP contribution in [0, 0.1) is 23.2 Å². The fourth-order valence-corrected chi connectivity index (χ4v) is 4.76. The van der Waals surface area contributed by atoms with Gasteiger partial charge in [0.1, 0.15) is 0 Å². The molecule has 0 spiro atoms. The Labute approximate surface area is 85.3 Å². The van der Waals surface area contributed by atoms with Crippen LogP contribution in [-0.4, -0.2) is 22.9 Å². The van der Waals surface area contributed by atoms with Crippen LogP contribution in [-0.2, 0) is 0 Å². The van der Waals surface area contributed by atoms with Crippen LogP contribution in [0.4, 0.5) is 0 Å². The van der Waals surface area contributed by atoms with Crippen molar-refractivity contribution >= 4 is 0 Å². The molecule has 2 unspecified atom stereocenters. The summed E-state index contributed by atoms with van der Waals surface area (Å²) in [4.78, 5) is 0. The van der Waals surface area contributed by atoms with Gasteiger partial charge in [-0.15, -0.1) is 0 Å². The summed E-state index contributed by atoms with van der Waals surface area (Å²) in [6.07, 6.45) is 7.00. The first-order chi connectivity index (χ1) is 6.73. The highest BCUT2D eigenvalue weighted by molar-refractivity contribution is 5.06. The van der Waals surface area contributed by atoms with E-state index in [-0.39, 0.29) is 18.1 Å². The largest absolute Gasteiger partial charge is 0.396 e. The van der Waals surface area contributed by atoms with E-state index in [2.05, 4.69) is 0 Å². The Balaban J connectivity index is 1.89. The third-order valence-electron chi connectivity index (χ3n) is 5.01. The van der Waals surface area contributed by atoms with Gasteiger partial charge < -0.3 is 10.2 Å². The summed E-state index contributed by atoms with van der Waals surface area (Å²) in [7, 11) is 0. The van der Waals surface area contributed by atoms with Crippen LogP contribution < -0.4 is 0 Å². The number of rotatable bonds is 2. The first-order valence-electron chi connectivity index (χ1n) is 6.02. The van der Waals surface area contributed by atoms with Gasteiger partial charge in [0.25, 0.3) is 0 Å². The van der Waals surface area contributed by atoms with Crippen LogP contribution >= 0.6 is 0 Å². The predicted octanol–water partition coefficient (Wildman–Crippen LogP) is 1.56. The van der Waals surface area contributed by atoms with Gasteiger partial charge in [-0.1, -0.05) is 0 Å². The Bertz CT molecular complexity index is 224. The molecule has 0 aromatic carbocycles. The highest BCUT2D eigenvalue weighted by Crippen LogP contribution is 2.61. The Hall–Kier alpha value is -0.0800. The van der Waals surface area contributed by atoms with E-state index in [4.69, 9.17) is 5.11 Å². The van der Waals surface area contributed by atoms with Crippen molar-refractivity contribution in [2.24, 2.45) is 23.2 Å². The van der Waals surface area contributed by atoms with Crippen LogP contribution in [0.5, 0.6) is 0 Å². The number of aliphatic hydroxyl groups is 2. The van der Waals surface area contributed by atoms with E-state index in [0.29, 0.717) is 5.92 Å². The summed E-state index contributed by atoms with van der Waals surface area (Å²) in [6, 6.07) is 0. The Kier molecular flexibility index (Phi) is 1.94. The van der Waals surface area contributed by atoms with Crippen molar-refractivity contribution in [1.29, 1.82) is 0 Å². The first-order valence-corrected chi connectivity index (χ1v) is 6.02. The van der Waals surface area contributed by atoms with Gasteiger partial charge in [-0.3, -0.25) is 0 Å². The normalized spacial score (nSPS) is 55.3. The van der Waals surface area contributed by atoms with E-state index in [9.17, 15) is 5.11 Å². The molecule has 4 fully saturated rings. The minimum absolute atomic E-state index is 0.109. The van der Waals surface area contributed by atoms with Gasteiger partial charge in [0, 0.05) is 6.61 Å². The molecular formula is C12H20O2. The predicted molar refractivity (Wildman–Crippen MR) is 53.7 cm³/mol. The molecule has 0 amide bonds. The quantitative estimate of drug-likeness (QED) is 0.703. The first kappa shape index (κ1) is 9.17. The van der Waals surface area contributed by atoms with Crippen LogP contribution in [0.15, 0.2) is 0 Å². The van der Waals surface area contributed by atoms with E-state index < -0.39 is 0 Å². The molecule has 0 heterocycles. The van der Waals surface area contributed by atoms with Gasteiger partial charge in [0.15, 0.2) is 0 Å². The molecule has 4 saturated carbocycles. The molecule has 2 heteroatoms. The zero-order chi connectivity index (χ0) is 9.76. The molecule has 0 aliphatic heterocycles. The van der Waals surface area contributed by atoms with Crippen molar-refractivity contribution < 1.29 is 10.2 Å². The summed E-state index contributed by atoms with van der Waals surface area (Å²) in [6.45, 7) is 0.253. The van der Waals surface area contributed by atoms with Crippen molar-refractivity contribution in [2.75, 3.05) is 6.61 Å². The SMILES string of the molecule is OCCC12C[C@@H]3CC(C[C@@H](C3)C1)[C@H]2O. The second-order valence-electron chi connectivity index (χ2n) is 5.89. The van der Waals surface area contributed by atoms with Gasteiger partial charge >= 0.3 is 0 Å². The topological polar surface area (TPSA) is 40.5 Å². The Morgan fingerprint density at radius 3 is 2.29 bits per heavy atom. The average molecular weight is 196 g/mol. The molecule has 14 heavy (non-hydrogen) atoms. The molecule has 0 aromatic heterocycles. The highest BCUT2D eigenvalue weighted by Gasteiger charge is 2.55. The molecule has 5 atom stereocenters. The maximum Gasteiger partial charge on any atom is 0.0625 e. The van der Waals surface area contributed by atoms with Gasteiger partial charge in [0.2, 0.25) is 0 Å². The van der Waals surface area contributed by atoms with Gasteiger partial charge in [-0.05, 0) is 61.7 Å². The maximum absolute atomic E-state index is 10.3. The Morgan fingerprint density at radius 2 is 1.71 bits per heavy atom. The third-order valence-corrected chi connectivity index (χ3v) is 5.01. The van der Waals surface area contributed by atoms with Crippen molar-refractivity contribution in [3.63, 3.8) is 0 Å². The third kappa shape index (κ3) is 1.10. The van der Waals surface area contributed by atoms with Crippen molar-refractivity contribution in [1.82, 2.24) is 0 Å². The molecule has 4 aliphatic carbocycles. The summed E-state index contributed by atoms with van der Waals surface area (Å²) >= 11 is 0. The lowest BCUT2D eigenvalue weighted by Gasteiger charge is -2.59. The number of hydrogen-bond acceptors (Lipinski definition) is 2. The van der Waals surface area contributed by atoms with Crippen LogP contribution in [0.25, 0.3) is 0 Å². The van der Waals surface area contributed by atoms with Crippen molar-refractivity contribution in [3.8, 4) is 0 Å². The fraction of sp³-hybridized carbons (Fsp3) is 1.00. The number of hydrogen-bond donors (Lipinski definition) is 2. The molecule has 4 rings (SSSR count). The minimum atomic E-state index is -0.109. The van der Waals surface area contributed by atoms with Crippen LogP contribution in [0.1, 0.15) is 38.5 Å². The standard InChI is InChI=1S/C12H20O2/c13-2-1-12-6-8-3-9(7-12)5-10(4-8)11(12)14/h8-11,13-14H,1-7H2/t8-,9+,10?,11-,12?/m1/s1. The average Bonchev–Trinajstić information content (AvgIpc) is 2.13. The molecule has 2 nitrogen and oxygen atoms in total. The molecule has 4 bridgehead atoms. The van der Waals surface area contributed by atoms with Crippen molar-refractivity contribution in [3.05, 3.63) is 0 Å². The van der Waals surface area contributed by atoms with Gasteiger partial charge in [0.05, 0.1) is 6.10 Å². The van der Waals surface area contributed by atoms with Crippen LogP contribution in [0.2, 0.25) is 0 Å². The molecule has 4 aliphatic rings. The van der Waals surface area contributed by atoms with E-state index >= 15 is 0 Å². The molecule has 0 saturated heterocycles. The maximum atomic E-state index is 10.3. The van der Waals surface area contributed by atoms with E-state index in [1.165, 1.54) is 32.1 Å². The zero-order valence-corrected chi connectivity index (χ0v) is 8.65. The zero-order valence-electron chi connectivity index (χ0n) is 8.65. The number of aliphatic hydroxyl groups excluding tert-OH is 2. The van der Waals surface area contributed by atoms with Gasteiger partial charge in [-0.25, -0.2) is 0 Å². The Morgan fingerprint density at radius 1 is 1.07 bits per heavy atom. The summed E-state index contributed by atoms with van der Waals surface area (Å²) in [5.41, 5.74) is 0.115. The van der Waals surface area contributed by atoms with Crippen molar-refractivity contribution in [2.45, 2.75) is 44.6 Å². The van der Waals surface area contributed by atoms with Crippen LogP contribution in [0.3, 0.4) is 0 Å².